The number of nitrogens with zero attached hydrogens (tertiary/aromatic N) is 3. The molecular formula is C23H24FN3O. The van der Waals surface area contributed by atoms with Gasteiger partial charge in [0.05, 0.1) is 11.3 Å². The summed E-state index contributed by atoms with van der Waals surface area (Å²) in [4.78, 5) is 17.0. The van der Waals surface area contributed by atoms with Crippen LogP contribution in [0.2, 0.25) is 0 Å². The Morgan fingerprint density at radius 3 is 2.21 bits per heavy atom. The zero-order valence-corrected chi connectivity index (χ0v) is 16.2. The SMILES string of the molecule is Cc1cc(C(=O)N2CCN(c3ccccc3F)CC2)c(C)n1-c1ccccc1. The molecule has 4 nitrogen and oxygen atoms in total. The largest absolute Gasteiger partial charge is 0.366 e. The van der Waals surface area contributed by atoms with Crippen molar-refractivity contribution in [1.29, 1.82) is 0 Å². The van der Waals surface area contributed by atoms with Crippen molar-refractivity contribution >= 4 is 11.6 Å². The molecule has 1 aliphatic heterocycles. The Morgan fingerprint density at radius 1 is 0.893 bits per heavy atom. The molecule has 0 atom stereocenters. The maximum absolute atomic E-state index is 14.0. The first kappa shape index (κ1) is 18.3. The second kappa shape index (κ2) is 7.50. The van der Waals surface area contributed by atoms with E-state index in [9.17, 15) is 9.18 Å². The Kier molecular flexibility index (Phi) is 4.90. The standard InChI is InChI=1S/C23H24FN3O/c1-17-16-20(18(2)27(17)19-8-4-3-5-9-19)23(28)26-14-12-25(13-15-26)22-11-7-6-10-21(22)24/h3-11,16H,12-15H2,1-2H3. The van der Waals surface area contributed by atoms with Crippen molar-refractivity contribution in [3.8, 4) is 5.69 Å². The summed E-state index contributed by atoms with van der Waals surface area (Å²) in [5.41, 5.74) is 4.39. The molecule has 2 heterocycles. The third-order valence-electron chi connectivity index (χ3n) is 5.44. The molecule has 1 aromatic heterocycles. The molecule has 1 amide bonds. The Morgan fingerprint density at radius 2 is 1.54 bits per heavy atom. The van der Waals surface area contributed by atoms with Crippen LogP contribution in [-0.2, 0) is 0 Å². The summed E-state index contributed by atoms with van der Waals surface area (Å²) in [6.45, 7) is 6.44. The minimum atomic E-state index is -0.214. The molecule has 0 bridgehead atoms. The van der Waals surface area contributed by atoms with Crippen molar-refractivity contribution in [2.75, 3.05) is 31.1 Å². The van der Waals surface area contributed by atoms with Gasteiger partial charge in [0.2, 0.25) is 0 Å². The average molecular weight is 377 g/mol. The van der Waals surface area contributed by atoms with Gasteiger partial charge in [0.15, 0.2) is 0 Å². The van der Waals surface area contributed by atoms with Crippen molar-refractivity contribution in [3.63, 3.8) is 0 Å². The number of para-hydroxylation sites is 2. The molecule has 28 heavy (non-hydrogen) atoms. The highest BCUT2D eigenvalue weighted by atomic mass is 19.1. The van der Waals surface area contributed by atoms with Gasteiger partial charge < -0.3 is 14.4 Å². The van der Waals surface area contributed by atoms with Crippen LogP contribution in [0.4, 0.5) is 10.1 Å². The lowest BCUT2D eigenvalue weighted by Crippen LogP contribution is -2.49. The number of aromatic nitrogens is 1. The predicted octanol–water partition coefficient (Wildman–Crippen LogP) is 4.20. The van der Waals surface area contributed by atoms with Crippen LogP contribution in [0.5, 0.6) is 0 Å². The van der Waals surface area contributed by atoms with Gasteiger partial charge in [-0.15, -0.1) is 0 Å². The summed E-state index contributed by atoms with van der Waals surface area (Å²) in [6, 6.07) is 18.8. The van der Waals surface area contributed by atoms with Crippen molar-refractivity contribution in [2.24, 2.45) is 0 Å². The van der Waals surface area contributed by atoms with Gasteiger partial charge in [0, 0.05) is 43.3 Å². The molecule has 0 N–H and O–H groups in total. The minimum Gasteiger partial charge on any atom is -0.366 e. The average Bonchev–Trinajstić information content (AvgIpc) is 3.02. The van der Waals surface area contributed by atoms with Gasteiger partial charge >= 0.3 is 0 Å². The van der Waals surface area contributed by atoms with Crippen LogP contribution in [0.3, 0.4) is 0 Å². The summed E-state index contributed by atoms with van der Waals surface area (Å²) in [6.07, 6.45) is 0. The summed E-state index contributed by atoms with van der Waals surface area (Å²) in [5.74, 6) is -0.169. The van der Waals surface area contributed by atoms with Crippen LogP contribution in [0.25, 0.3) is 5.69 Å². The predicted molar refractivity (Wildman–Crippen MR) is 110 cm³/mol. The lowest BCUT2D eigenvalue weighted by atomic mass is 10.2. The number of anilines is 1. The number of amides is 1. The topological polar surface area (TPSA) is 28.5 Å². The van der Waals surface area contributed by atoms with E-state index < -0.39 is 0 Å². The third kappa shape index (κ3) is 3.28. The maximum atomic E-state index is 14.0. The fourth-order valence-electron chi connectivity index (χ4n) is 3.98. The first-order chi connectivity index (χ1) is 13.6. The lowest BCUT2D eigenvalue weighted by molar-refractivity contribution is 0.0746. The van der Waals surface area contributed by atoms with Crippen molar-refractivity contribution in [3.05, 3.63) is 83.4 Å². The van der Waals surface area contributed by atoms with Crippen molar-refractivity contribution < 1.29 is 9.18 Å². The molecule has 2 aromatic carbocycles. The zero-order chi connectivity index (χ0) is 19.7. The van der Waals surface area contributed by atoms with Gasteiger partial charge in [0.25, 0.3) is 5.91 Å². The highest BCUT2D eigenvalue weighted by Crippen LogP contribution is 2.24. The maximum Gasteiger partial charge on any atom is 0.255 e. The zero-order valence-electron chi connectivity index (χ0n) is 16.2. The van der Waals surface area contributed by atoms with E-state index in [1.54, 1.807) is 12.1 Å². The first-order valence-corrected chi connectivity index (χ1v) is 9.59. The van der Waals surface area contributed by atoms with Crippen LogP contribution in [0, 0.1) is 19.7 Å². The molecule has 0 radical (unpaired) electrons. The van der Waals surface area contributed by atoms with Crippen molar-refractivity contribution in [1.82, 2.24) is 9.47 Å². The van der Waals surface area contributed by atoms with Gasteiger partial charge in [-0.25, -0.2) is 4.39 Å². The second-order valence-corrected chi connectivity index (χ2v) is 7.19. The highest BCUT2D eigenvalue weighted by Gasteiger charge is 2.26. The Bertz CT molecular complexity index is 988. The molecule has 0 aliphatic carbocycles. The summed E-state index contributed by atoms with van der Waals surface area (Å²) >= 11 is 0. The highest BCUT2D eigenvalue weighted by molar-refractivity contribution is 5.96. The normalized spacial score (nSPS) is 14.4. The smallest absolute Gasteiger partial charge is 0.255 e. The number of piperazine rings is 1. The van der Waals surface area contributed by atoms with Crippen LogP contribution in [0.1, 0.15) is 21.7 Å². The van der Waals surface area contributed by atoms with E-state index in [0.717, 1.165) is 22.6 Å². The number of carbonyl (C=O) groups is 1. The quantitative estimate of drug-likeness (QED) is 0.685. The van der Waals surface area contributed by atoms with Crippen LogP contribution in [0.15, 0.2) is 60.7 Å². The van der Waals surface area contributed by atoms with Crippen molar-refractivity contribution in [2.45, 2.75) is 13.8 Å². The fourth-order valence-corrected chi connectivity index (χ4v) is 3.98. The number of hydrogen-bond donors (Lipinski definition) is 0. The molecule has 1 aliphatic rings. The molecular weight excluding hydrogens is 353 g/mol. The Hall–Kier alpha value is -3.08. The Balaban J connectivity index is 1.51. The monoisotopic (exact) mass is 377 g/mol. The number of carbonyl (C=O) groups excluding carboxylic acids is 1. The molecule has 0 unspecified atom stereocenters. The fraction of sp³-hybridized carbons (Fsp3) is 0.261. The number of hydrogen-bond acceptors (Lipinski definition) is 2. The van der Waals surface area contributed by atoms with E-state index in [1.807, 2.05) is 66.1 Å². The summed E-state index contributed by atoms with van der Waals surface area (Å²) in [5, 5.41) is 0. The van der Waals surface area contributed by atoms with E-state index in [-0.39, 0.29) is 11.7 Å². The number of halogens is 1. The molecule has 0 saturated carbocycles. The molecule has 1 saturated heterocycles. The van der Waals surface area contributed by atoms with E-state index in [0.29, 0.717) is 31.9 Å². The van der Waals surface area contributed by atoms with Gasteiger partial charge in [-0.05, 0) is 44.2 Å². The minimum absolute atomic E-state index is 0.0449. The van der Waals surface area contributed by atoms with Gasteiger partial charge in [-0.3, -0.25) is 4.79 Å². The number of benzene rings is 2. The molecule has 0 spiro atoms. The van der Waals surface area contributed by atoms with Gasteiger partial charge in [0.1, 0.15) is 5.82 Å². The summed E-state index contributed by atoms with van der Waals surface area (Å²) < 4.78 is 16.1. The molecule has 4 rings (SSSR count). The lowest BCUT2D eigenvalue weighted by Gasteiger charge is -2.36. The Labute approximate surface area is 164 Å². The van der Waals surface area contributed by atoms with E-state index in [4.69, 9.17) is 0 Å². The van der Waals surface area contributed by atoms with Crippen LogP contribution in [-0.4, -0.2) is 41.6 Å². The second-order valence-electron chi connectivity index (χ2n) is 7.19. The van der Waals surface area contributed by atoms with Gasteiger partial charge in [-0.1, -0.05) is 30.3 Å². The number of aryl methyl sites for hydroxylation is 1. The van der Waals surface area contributed by atoms with E-state index >= 15 is 0 Å². The van der Waals surface area contributed by atoms with E-state index in [2.05, 4.69) is 4.57 Å². The third-order valence-corrected chi connectivity index (χ3v) is 5.44. The van der Waals surface area contributed by atoms with Gasteiger partial charge in [-0.2, -0.15) is 0 Å². The molecule has 3 aromatic rings. The molecule has 144 valence electrons. The number of rotatable bonds is 3. The summed E-state index contributed by atoms with van der Waals surface area (Å²) in [7, 11) is 0. The van der Waals surface area contributed by atoms with E-state index in [1.165, 1.54) is 6.07 Å². The molecule has 5 heteroatoms. The molecule has 1 fully saturated rings. The van der Waals surface area contributed by atoms with Crippen LogP contribution < -0.4 is 4.90 Å². The first-order valence-electron chi connectivity index (χ1n) is 9.59. The van der Waals surface area contributed by atoms with Crippen LogP contribution >= 0.6 is 0 Å².